The Bertz CT molecular complexity index is 1240. The van der Waals surface area contributed by atoms with Gasteiger partial charge in [-0.15, -0.1) is 5.10 Å². The van der Waals surface area contributed by atoms with Gasteiger partial charge in [0.1, 0.15) is 11.6 Å². The number of amides is 2. The van der Waals surface area contributed by atoms with Gasteiger partial charge >= 0.3 is 12.0 Å². The molecule has 0 radical (unpaired) electrons. The lowest BCUT2D eigenvalue weighted by atomic mass is 10.2. The van der Waals surface area contributed by atoms with Crippen LogP contribution in [0.3, 0.4) is 0 Å². The van der Waals surface area contributed by atoms with Crippen molar-refractivity contribution in [1.82, 2.24) is 14.8 Å². The third-order valence-corrected chi connectivity index (χ3v) is 4.42. The Morgan fingerprint density at radius 2 is 1.91 bits per heavy atom. The second-order valence-corrected chi connectivity index (χ2v) is 7.56. The molecule has 4 rings (SSSR count). The first-order chi connectivity index (χ1) is 15.9. The van der Waals surface area contributed by atoms with Crippen molar-refractivity contribution in [3.05, 3.63) is 72.5 Å². The lowest BCUT2D eigenvalue weighted by Crippen LogP contribution is -2.20. The highest BCUT2D eigenvalue weighted by Gasteiger charge is 2.17. The van der Waals surface area contributed by atoms with Crippen LogP contribution in [0.25, 0.3) is 17.3 Å². The number of rotatable bonds is 7. The minimum atomic E-state index is -0.868. The van der Waals surface area contributed by atoms with Gasteiger partial charge in [0.05, 0.1) is 24.2 Å². The van der Waals surface area contributed by atoms with Crippen LogP contribution in [0.5, 0.6) is 6.01 Å². The van der Waals surface area contributed by atoms with Gasteiger partial charge in [-0.2, -0.15) is 4.98 Å². The van der Waals surface area contributed by atoms with E-state index in [0.717, 1.165) is 12.1 Å². The van der Waals surface area contributed by atoms with Crippen molar-refractivity contribution in [2.24, 2.45) is 5.92 Å². The van der Waals surface area contributed by atoms with E-state index in [1.54, 1.807) is 47.3 Å². The Balaban J connectivity index is 1.51. The first-order valence-electron chi connectivity index (χ1n) is 10.2. The summed E-state index contributed by atoms with van der Waals surface area (Å²) in [4.78, 5) is 16.6. The SMILES string of the molecule is CC(C)COc1nc(-c2ccco2)n(-c2ccc(NC(=O)Nc3ccc(F)cc3F)cc2)n1. The van der Waals surface area contributed by atoms with E-state index < -0.39 is 17.7 Å². The van der Waals surface area contributed by atoms with Gasteiger partial charge in [-0.05, 0) is 54.4 Å². The van der Waals surface area contributed by atoms with Gasteiger partial charge in [0.2, 0.25) is 5.82 Å². The molecule has 0 atom stereocenters. The molecule has 0 aliphatic carbocycles. The van der Waals surface area contributed by atoms with E-state index in [4.69, 9.17) is 9.15 Å². The number of ether oxygens (including phenoxy) is 1. The predicted molar refractivity (Wildman–Crippen MR) is 118 cm³/mol. The molecule has 2 heterocycles. The molecule has 0 fully saturated rings. The van der Waals surface area contributed by atoms with Crippen LogP contribution < -0.4 is 15.4 Å². The summed E-state index contributed by atoms with van der Waals surface area (Å²) in [6.45, 7) is 4.52. The number of carbonyl (C=O) groups excluding carboxylic acids is 1. The van der Waals surface area contributed by atoms with E-state index in [-0.39, 0.29) is 11.7 Å². The number of hydrogen-bond acceptors (Lipinski definition) is 5. The summed E-state index contributed by atoms with van der Waals surface area (Å²) in [7, 11) is 0. The normalized spacial score (nSPS) is 10.9. The van der Waals surface area contributed by atoms with Crippen molar-refractivity contribution < 1.29 is 22.7 Å². The lowest BCUT2D eigenvalue weighted by Gasteiger charge is -2.09. The number of benzene rings is 2. The van der Waals surface area contributed by atoms with Crippen LogP contribution in [0.4, 0.5) is 25.0 Å². The summed E-state index contributed by atoms with van der Waals surface area (Å²) in [6, 6.07) is 12.7. The van der Waals surface area contributed by atoms with E-state index in [0.29, 0.717) is 41.6 Å². The van der Waals surface area contributed by atoms with E-state index in [1.807, 2.05) is 13.8 Å². The fourth-order valence-corrected chi connectivity index (χ4v) is 2.90. The van der Waals surface area contributed by atoms with Crippen LogP contribution >= 0.6 is 0 Å². The van der Waals surface area contributed by atoms with Crippen LogP contribution in [0.1, 0.15) is 13.8 Å². The van der Waals surface area contributed by atoms with Gasteiger partial charge in [0.15, 0.2) is 5.76 Å². The van der Waals surface area contributed by atoms with Crippen molar-refractivity contribution in [1.29, 1.82) is 0 Å². The Morgan fingerprint density at radius 3 is 2.58 bits per heavy atom. The number of furan rings is 1. The van der Waals surface area contributed by atoms with E-state index in [1.165, 1.54) is 0 Å². The first-order valence-corrected chi connectivity index (χ1v) is 10.2. The second-order valence-electron chi connectivity index (χ2n) is 7.56. The molecular weight excluding hydrogens is 432 g/mol. The summed E-state index contributed by atoms with van der Waals surface area (Å²) in [6.07, 6.45) is 1.54. The number of anilines is 2. The monoisotopic (exact) mass is 453 g/mol. The predicted octanol–water partition coefficient (Wildman–Crippen LogP) is 5.48. The third-order valence-electron chi connectivity index (χ3n) is 4.42. The topological polar surface area (TPSA) is 94.2 Å². The molecule has 10 heteroatoms. The molecule has 0 spiro atoms. The Morgan fingerprint density at radius 1 is 1.12 bits per heavy atom. The molecule has 4 aromatic rings. The summed E-state index contributed by atoms with van der Waals surface area (Å²) in [5.41, 5.74) is 0.976. The Labute approximate surface area is 188 Å². The fourth-order valence-electron chi connectivity index (χ4n) is 2.90. The summed E-state index contributed by atoms with van der Waals surface area (Å²) in [5.74, 6) is -0.306. The number of nitrogens with zero attached hydrogens (tertiary/aromatic N) is 3. The molecule has 2 amide bonds. The van der Waals surface area contributed by atoms with Crippen LogP contribution in [0.15, 0.2) is 65.3 Å². The molecule has 2 aromatic heterocycles. The van der Waals surface area contributed by atoms with Crippen molar-refractivity contribution in [3.63, 3.8) is 0 Å². The standard InChI is InChI=1S/C23H21F2N5O3/c1-14(2)13-33-23-28-21(20-4-3-11-32-20)30(29-23)17-8-6-16(7-9-17)26-22(31)27-19-10-5-15(24)12-18(19)25/h3-12,14H,13H2,1-2H3,(H2,26,27,31). The minimum absolute atomic E-state index is 0.134. The molecule has 170 valence electrons. The summed E-state index contributed by atoms with van der Waals surface area (Å²) in [5, 5.41) is 9.35. The lowest BCUT2D eigenvalue weighted by molar-refractivity contribution is 0.251. The van der Waals surface area contributed by atoms with Gasteiger partial charge in [0, 0.05) is 11.8 Å². The number of nitrogens with one attached hydrogen (secondary N) is 2. The third kappa shape index (κ3) is 5.35. The van der Waals surface area contributed by atoms with Gasteiger partial charge < -0.3 is 19.8 Å². The van der Waals surface area contributed by atoms with Gasteiger partial charge in [-0.25, -0.2) is 18.3 Å². The zero-order valence-corrected chi connectivity index (χ0v) is 17.9. The Kier molecular flexibility index (Phi) is 6.34. The largest absolute Gasteiger partial charge is 0.462 e. The van der Waals surface area contributed by atoms with Gasteiger partial charge in [0.25, 0.3) is 0 Å². The average molecular weight is 453 g/mol. The Hall–Kier alpha value is -4.21. The minimum Gasteiger partial charge on any atom is -0.462 e. The number of aromatic nitrogens is 3. The maximum atomic E-state index is 13.7. The molecule has 2 N–H and O–H groups in total. The second kappa shape index (κ2) is 9.51. The molecule has 2 aromatic carbocycles. The molecular formula is C23H21F2N5O3. The molecule has 8 nitrogen and oxygen atoms in total. The molecule has 0 saturated carbocycles. The zero-order valence-electron chi connectivity index (χ0n) is 17.9. The fraction of sp³-hybridized carbons (Fsp3) is 0.174. The molecule has 0 bridgehead atoms. The maximum Gasteiger partial charge on any atom is 0.336 e. The summed E-state index contributed by atoms with van der Waals surface area (Å²) < 4.78 is 39.4. The first kappa shape index (κ1) is 22.0. The van der Waals surface area contributed by atoms with E-state index in [2.05, 4.69) is 20.7 Å². The van der Waals surface area contributed by atoms with Crippen molar-refractivity contribution in [3.8, 4) is 23.3 Å². The number of hydrogen-bond donors (Lipinski definition) is 2. The molecule has 0 unspecified atom stereocenters. The van der Waals surface area contributed by atoms with Gasteiger partial charge in [-0.1, -0.05) is 13.8 Å². The highest BCUT2D eigenvalue weighted by Crippen LogP contribution is 2.25. The summed E-state index contributed by atoms with van der Waals surface area (Å²) >= 11 is 0. The van der Waals surface area contributed by atoms with Crippen molar-refractivity contribution in [2.75, 3.05) is 17.2 Å². The molecule has 0 aliphatic rings. The molecule has 33 heavy (non-hydrogen) atoms. The highest BCUT2D eigenvalue weighted by molar-refractivity contribution is 5.99. The van der Waals surface area contributed by atoms with Crippen LogP contribution in [0.2, 0.25) is 0 Å². The van der Waals surface area contributed by atoms with E-state index in [9.17, 15) is 13.6 Å². The number of halogens is 2. The smallest absolute Gasteiger partial charge is 0.336 e. The number of urea groups is 1. The average Bonchev–Trinajstić information content (AvgIpc) is 3.45. The van der Waals surface area contributed by atoms with Crippen molar-refractivity contribution >= 4 is 17.4 Å². The number of carbonyl (C=O) groups is 1. The van der Waals surface area contributed by atoms with Crippen molar-refractivity contribution in [2.45, 2.75) is 13.8 Å². The zero-order chi connectivity index (χ0) is 23.4. The quantitative estimate of drug-likeness (QED) is 0.386. The molecule has 0 saturated heterocycles. The maximum absolute atomic E-state index is 13.7. The van der Waals surface area contributed by atoms with Gasteiger partial charge in [-0.3, -0.25) is 0 Å². The van der Waals surface area contributed by atoms with Crippen LogP contribution in [0, 0.1) is 17.6 Å². The molecule has 0 aliphatic heterocycles. The van der Waals surface area contributed by atoms with Crippen LogP contribution in [-0.2, 0) is 0 Å². The van der Waals surface area contributed by atoms with Crippen LogP contribution in [-0.4, -0.2) is 27.4 Å². The highest BCUT2D eigenvalue weighted by atomic mass is 19.1. The van der Waals surface area contributed by atoms with E-state index >= 15 is 0 Å².